The number of halogens is 1. The smallest absolute Gasteiger partial charge is 0.241 e. The molecule has 39 heavy (non-hydrogen) atoms. The Labute approximate surface area is 252 Å². The Bertz CT molecular complexity index is 1360. The van der Waals surface area contributed by atoms with Gasteiger partial charge in [0.25, 0.3) is 0 Å². The third-order valence-electron chi connectivity index (χ3n) is 6.35. The Hall–Kier alpha value is -2.38. The third kappa shape index (κ3) is 9.95. The van der Waals surface area contributed by atoms with Crippen LogP contribution in [-0.2, 0) is 35.9 Å². The van der Waals surface area contributed by atoms with Gasteiger partial charge in [0.15, 0.2) is 0 Å². The van der Waals surface area contributed by atoms with Crippen molar-refractivity contribution >= 4 is 10.0 Å². The quantitative estimate of drug-likeness (QED) is 0.171. The molecule has 0 unspecified atom stereocenters. The molecule has 0 heterocycles. The molecule has 5 nitrogen and oxygen atoms in total. The van der Waals surface area contributed by atoms with Crippen LogP contribution >= 0.6 is 0 Å². The van der Waals surface area contributed by atoms with Crippen LogP contribution < -0.4 is 28.6 Å². The van der Waals surface area contributed by atoms with Gasteiger partial charge in [-0.1, -0.05) is 108 Å². The number of quaternary nitrogens is 1. The van der Waals surface area contributed by atoms with Crippen LogP contribution in [-0.4, -0.2) is 15.0 Å². The maximum atomic E-state index is 13.5. The summed E-state index contributed by atoms with van der Waals surface area (Å²) in [6.07, 6.45) is 1.90. The van der Waals surface area contributed by atoms with E-state index in [1.807, 2.05) is 79.7 Å². The molecular formula is C31H38ClN3O2RuS. The summed E-state index contributed by atoms with van der Waals surface area (Å²) < 4.78 is 30.0. The maximum Gasteiger partial charge on any atom is 0.241 e. The summed E-state index contributed by atoms with van der Waals surface area (Å²) in [6, 6.07) is 34.7. The second-order valence-corrected chi connectivity index (χ2v) is 11.0. The SMILES string of the molecule is Cc1ccc(S(=O)(=O)N[C@@H](c2ccccc2)[C@@H](NCCCc2cccc(C)c2)c2ccccc2)cc1.[Cl-].[NH4+].[Ru]. The molecule has 0 aliphatic carbocycles. The average molecular weight is 653 g/mol. The molecule has 0 bridgehead atoms. The van der Waals surface area contributed by atoms with Crippen LogP contribution in [0.2, 0.25) is 0 Å². The molecule has 6 N–H and O–H groups in total. The van der Waals surface area contributed by atoms with E-state index in [2.05, 4.69) is 41.2 Å². The second-order valence-electron chi connectivity index (χ2n) is 9.26. The van der Waals surface area contributed by atoms with Crippen molar-refractivity contribution in [3.63, 3.8) is 0 Å². The first-order valence-corrected chi connectivity index (χ1v) is 13.9. The number of nitrogens with one attached hydrogen (secondary N) is 2. The van der Waals surface area contributed by atoms with Crippen molar-refractivity contribution < 1.29 is 40.3 Å². The van der Waals surface area contributed by atoms with Crippen LogP contribution in [0.15, 0.2) is 114 Å². The van der Waals surface area contributed by atoms with Gasteiger partial charge >= 0.3 is 0 Å². The molecule has 0 aliphatic heterocycles. The van der Waals surface area contributed by atoms with Gasteiger partial charge in [0, 0.05) is 19.5 Å². The van der Waals surface area contributed by atoms with Crippen molar-refractivity contribution in [2.75, 3.05) is 6.54 Å². The van der Waals surface area contributed by atoms with Gasteiger partial charge < -0.3 is 23.9 Å². The molecule has 0 radical (unpaired) electrons. The summed E-state index contributed by atoms with van der Waals surface area (Å²) in [6.45, 7) is 4.81. The van der Waals surface area contributed by atoms with Crippen molar-refractivity contribution in [3.05, 3.63) is 137 Å². The normalized spacial score (nSPS) is 12.3. The zero-order valence-corrected chi connectivity index (χ0v) is 25.9. The van der Waals surface area contributed by atoms with E-state index in [9.17, 15) is 8.42 Å². The van der Waals surface area contributed by atoms with E-state index in [1.54, 1.807) is 12.1 Å². The molecule has 0 aliphatic rings. The minimum Gasteiger partial charge on any atom is -1.00 e. The number of benzene rings is 4. The van der Waals surface area contributed by atoms with Crippen molar-refractivity contribution in [2.45, 2.75) is 43.7 Å². The van der Waals surface area contributed by atoms with Gasteiger partial charge in [0.05, 0.1) is 17.0 Å². The summed E-state index contributed by atoms with van der Waals surface area (Å²) in [5.74, 6) is 0. The Balaban J connectivity index is 0.00000253. The minimum absolute atomic E-state index is 0. The first-order chi connectivity index (χ1) is 17.4. The predicted molar refractivity (Wildman–Crippen MR) is 153 cm³/mol. The van der Waals surface area contributed by atoms with Crippen LogP contribution in [0, 0.1) is 13.8 Å². The molecule has 4 aromatic rings. The zero-order valence-electron chi connectivity index (χ0n) is 22.6. The topological polar surface area (TPSA) is 94.7 Å². The summed E-state index contributed by atoms with van der Waals surface area (Å²) in [4.78, 5) is 0.264. The molecule has 0 fully saturated rings. The van der Waals surface area contributed by atoms with E-state index in [1.165, 1.54) is 11.1 Å². The molecule has 0 saturated heterocycles. The molecule has 0 amide bonds. The van der Waals surface area contributed by atoms with E-state index in [4.69, 9.17) is 0 Å². The average Bonchev–Trinajstić information content (AvgIpc) is 2.89. The van der Waals surface area contributed by atoms with Gasteiger partial charge in [-0.3, -0.25) is 0 Å². The van der Waals surface area contributed by atoms with Crippen LogP contribution in [0.25, 0.3) is 0 Å². The first-order valence-electron chi connectivity index (χ1n) is 12.4. The fraction of sp³-hybridized carbons (Fsp3) is 0.226. The maximum absolute atomic E-state index is 13.5. The van der Waals surface area contributed by atoms with Gasteiger partial charge in [0.2, 0.25) is 10.0 Å². The standard InChI is InChI=1S/C31H34N2O2S.ClH.H3N.Ru/c1-24-18-20-29(21-19-24)36(34,35)33-31(28-16-7-4-8-17-28)30(27-14-5-3-6-15-27)32-22-10-13-26-12-9-11-25(2)23-26;;;/h3-9,11-12,14-21,23,30-33H,10,13,22H2,1-2H3;1H;1H3;/t30-,31-;;;/m0.../s1. The zero-order chi connectivity index (χ0) is 25.4. The monoisotopic (exact) mass is 653 g/mol. The molecule has 8 heteroatoms. The van der Waals surface area contributed by atoms with Crippen molar-refractivity contribution in [1.29, 1.82) is 0 Å². The van der Waals surface area contributed by atoms with Gasteiger partial charge in [-0.2, -0.15) is 0 Å². The fourth-order valence-corrected chi connectivity index (χ4v) is 5.68. The largest absolute Gasteiger partial charge is 1.00 e. The molecule has 2 atom stereocenters. The Morgan fingerprint density at radius 1 is 0.692 bits per heavy atom. The van der Waals surface area contributed by atoms with Crippen LogP contribution in [0.5, 0.6) is 0 Å². The minimum atomic E-state index is -3.75. The Morgan fingerprint density at radius 3 is 1.82 bits per heavy atom. The number of aryl methyl sites for hydroxylation is 3. The first kappa shape index (κ1) is 34.7. The van der Waals surface area contributed by atoms with Crippen LogP contribution in [0.4, 0.5) is 0 Å². The van der Waals surface area contributed by atoms with E-state index < -0.39 is 16.1 Å². The molecule has 0 aromatic heterocycles. The van der Waals surface area contributed by atoms with Gasteiger partial charge in [-0.25, -0.2) is 13.1 Å². The third-order valence-corrected chi connectivity index (χ3v) is 7.81. The molecular weight excluding hydrogens is 615 g/mol. The summed E-state index contributed by atoms with van der Waals surface area (Å²) >= 11 is 0. The molecule has 210 valence electrons. The summed E-state index contributed by atoms with van der Waals surface area (Å²) in [5, 5.41) is 3.68. The van der Waals surface area contributed by atoms with E-state index >= 15 is 0 Å². The number of hydrogen-bond donors (Lipinski definition) is 3. The molecule has 0 saturated carbocycles. The summed E-state index contributed by atoms with van der Waals surface area (Å²) in [7, 11) is -3.75. The fourth-order valence-electron chi connectivity index (χ4n) is 4.45. The van der Waals surface area contributed by atoms with Crippen molar-refractivity contribution in [3.8, 4) is 0 Å². The summed E-state index contributed by atoms with van der Waals surface area (Å²) in [5.41, 5.74) is 5.54. The van der Waals surface area contributed by atoms with Gasteiger partial charge in [-0.15, -0.1) is 0 Å². The number of rotatable bonds is 11. The molecule has 0 spiro atoms. The van der Waals surface area contributed by atoms with E-state index in [-0.39, 0.29) is 49.0 Å². The van der Waals surface area contributed by atoms with E-state index in [0.717, 1.165) is 36.1 Å². The van der Waals surface area contributed by atoms with Crippen molar-refractivity contribution in [1.82, 2.24) is 16.2 Å². The van der Waals surface area contributed by atoms with Crippen LogP contribution in [0.1, 0.15) is 46.3 Å². The van der Waals surface area contributed by atoms with Crippen LogP contribution in [0.3, 0.4) is 0 Å². The van der Waals surface area contributed by atoms with Crippen molar-refractivity contribution in [2.24, 2.45) is 0 Å². The number of sulfonamides is 1. The Morgan fingerprint density at radius 2 is 1.26 bits per heavy atom. The van der Waals surface area contributed by atoms with Gasteiger partial charge in [-0.05, 0) is 62.1 Å². The van der Waals surface area contributed by atoms with E-state index in [0.29, 0.717) is 0 Å². The Kier molecular flexibility index (Phi) is 14.8. The van der Waals surface area contributed by atoms with Gasteiger partial charge in [0.1, 0.15) is 0 Å². The number of hydrogen-bond acceptors (Lipinski definition) is 3. The second kappa shape index (κ2) is 16.7. The predicted octanol–water partition coefficient (Wildman–Crippen LogP) is 3.66. The molecule has 4 aromatic carbocycles. The molecule has 4 rings (SSSR count).